The van der Waals surface area contributed by atoms with Gasteiger partial charge in [-0.15, -0.1) is 0 Å². The van der Waals surface area contributed by atoms with Gasteiger partial charge in [-0.25, -0.2) is 0 Å². The van der Waals surface area contributed by atoms with E-state index in [0.29, 0.717) is 13.0 Å². The van der Waals surface area contributed by atoms with Gasteiger partial charge in [0, 0.05) is 50.4 Å². The van der Waals surface area contributed by atoms with Gasteiger partial charge in [0.1, 0.15) is 0 Å². The number of nitrogens with zero attached hydrogens (tertiary/aromatic N) is 2. The Morgan fingerprint density at radius 3 is 2.42 bits per heavy atom. The largest absolute Gasteiger partial charge is 0.377 e. The maximum Gasteiger partial charge on any atom is 0.227 e. The minimum Gasteiger partial charge on any atom is -0.377 e. The second-order valence-corrected chi connectivity index (χ2v) is 7.49. The molecule has 5 nitrogen and oxygen atoms in total. The van der Waals surface area contributed by atoms with Crippen LogP contribution in [-0.2, 0) is 16.1 Å². The molecule has 0 unspecified atom stereocenters. The van der Waals surface area contributed by atoms with Gasteiger partial charge >= 0.3 is 0 Å². The molecular weight excluding hydrogens is 326 g/mol. The molecule has 0 aromatic heterocycles. The summed E-state index contributed by atoms with van der Waals surface area (Å²) >= 11 is 0. The first-order chi connectivity index (χ1) is 12.4. The number of carbonyl (C=O) groups is 2. The highest BCUT2D eigenvalue weighted by atomic mass is 16.2. The molecule has 1 N–H and O–H groups in total. The van der Waals surface area contributed by atoms with E-state index in [2.05, 4.69) is 24.1 Å². The van der Waals surface area contributed by atoms with Crippen molar-refractivity contribution in [2.24, 2.45) is 5.92 Å². The molecule has 0 bridgehead atoms. The summed E-state index contributed by atoms with van der Waals surface area (Å²) in [5.74, 6) is 0.432. The van der Waals surface area contributed by atoms with Gasteiger partial charge in [0.15, 0.2) is 0 Å². The molecule has 1 saturated carbocycles. The van der Waals surface area contributed by atoms with Crippen molar-refractivity contribution < 1.29 is 9.59 Å². The van der Waals surface area contributed by atoms with Crippen molar-refractivity contribution in [3.8, 4) is 0 Å². The normalized spacial score (nSPS) is 15.1. The lowest BCUT2D eigenvalue weighted by molar-refractivity contribution is -0.133. The van der Waals surface area contributed by atoms with Gasteiger partial charge in [-0.2, -0.15) is 0 Å². The molecule has 0 aliphatic heterocycles. The van der Waals surface area contributed by atoms with Gasteiger partial charge in [0.25, 0.3) is 0 Å². The fourth-order valence-corrected chi connectivity index (χ4v) is 3.24. The number of carbonyl (C=O) groups excluding carboxylic acids is 2. The zero-order chi connectivity index (χ0) is 19.3. The molecule has 1 aliphatic carbocycles. The van der Waals surface area contributed by atoms with Crippen molar-refractivity contribution in [3.05, 3.63) is 23.8 Å². The van der Waals surface area contributed by atoms with Crippen molar-refractivity contribution in [1.29, 1.82) is 0 Å². The average molecular weight is 360 g/mol. The maximum atomic E-state index is 12.4. The molecular formula is C21H33N3O2. The standard InChI is InChI=1S/C21H33N3O2/c1-6-15(3)24(20(25)7-2)14-17-13-18(11-12-19(17)23(4)5)22-21(26)16-9-8-10-16/h11-13,15-16H,6-10,14H2,1-5H3,(H,22,26)/t15-/m1/s1. The second kappa shape index (κ2) is 9.06. The second-order valence-electron chi connectivity index (χ2n) is 7.49. The third kappa shape index (κ3) is 4.77. The summed E-state index contributed by atoms with van der Waals surface area (Å²) in [6.45, 7) is 6.65. The molecule has 1 atom stereocenters. The van der Waals surface area contributed by atoms with E-state index in [-0.39, 0.29) is 23.8 Å². The molecule has 1 fully saturated rings. The third-order valence-electron chi connectivity index (χ3n) is 5.39. The molecule has 0 saturated heterocycles. The van der Waals surface area contributed by atoms with Crippen LogP contribution in [0, 0.1) is 5.92 Å². The molecule has 1 aliphatic rings. The highest BCUT2D eigenvalue weighted by Gasteiger charge is 2.25. The summed E-state index contributed by atoms with van der Waals surface area (Å²) in [6.07, 6.45) is 4.54. The smallest absolute Gasteiger partial charge is 0.227 e. The first-order valence-electron chi connectivity index (χ1n) is 9.77. The first kappa shape index (κ1) is 20.3. The summed E-state index contributed by atoms with van der Waals surface area (Å²) in [4.78, 5) is 28.7. The maximum absolute atomic E-state index is 12.4. The van der Waals surface area contributed by atoms with Crippen LogP contribution in [-0.4, -0.2) is 36.9 Å². The molecule has 26 heavy (non-hydrogen) atoms. The Hall–Kier alpha value is -2.04. The summed E-state index contributed by atoms with van der Waals surface area (Å²) in [6, 6.07) is 6.18. The lowest BCUT2D eigenvalue weighted by Gasteiger charge is -2.30. The molecule has 144 valence electrons. The van der Waals surface area contributed by atoms with E-state index in [4.69, 9.17) is 0 Å². The zero-order valence-electron chi connectivity index (χ0n) is 16.8. The van der Waals surface area contributed by atoms with Crippen LogP contribution in [0.15, 0.2) is 18.2 Å². The summed E-state index contributed by atoms with van der Waals surface area (Å²) in [7, 11) is 4.00. The fourth-order valence-electron chi connectivity index (χ4n) is 3.24. The highest BCUT2D eigenvalue weighted by Crippen LogP contribution is 2.29. The molecule has 2 amide bonds. The first-order valence-corrected chi connectivity index (χ1v) is 9.77. The number of hydrogen-bond donors (Lipinski definition) is 1. The van der Waals surface area contributed by atoms with Gasteiger partial charge < -0.3 is 15.1 Å². The quantitative estimate of drug-likeness (QED) is 0.762. The minimum atomic E-state index is 0.114. The zero-order valence-corrected chi connectivity index (χ0v) is 16.8. The van der Waals surface area contributed by atoms with Crippen LogP contribution in [0.25, 0.3) is 0 Å². The van der Waals surface area contributed by atoms with Crippen LogP contribution in [0.3, 0.4) is 0 Å². The predicted molar refractivity (Wildman–Crippen MR) is 107 cm³/mol. The van der Waals surface area contributed by atoms with Crippen LogP contribution in [0.4, 0.5) is 11.4 Å². The Kier molecular flexibility index (Phi) is 7.06. The van der Waals surface area contributed by atoms with E-state index in [1.807, 2.05) is 44.1 Å². The van der Waals surface area contributed by atoms with Gasteiger partial charge in [0.05, 0.1) is 0 Å². The molecule has 0 heterocycles. The van der Waals surface area contributed by atoms with Gasteiger partial charge in [-0.1, -0.05) is 20.3 Å². The summed E-state index contributed by atoms with van der Waals surface area (Å²) in [5, 5.41) is 3.05. The van der Waals surface area contributed by atoms with E-state index in [0.717, 1.165) is 42.6 Å². The third-order valence-corrected chi connectivity index (χ3v) is 5.39. The van der Waals surface area contributed by atoms with Crippen molar-refractivity contribution in [3.63, 3.8) is 0 Å². The molecule has 1 aromatic carbocycles. The van der Waals surface area contributed by atoms with Crippen LogP contribution < -0.4 is 10.2 Å². The topological polar surface area (TPSA) is 52.7 Å². The van der Waals surface area contributed by atoms with Crippen molar-refractivity contribution >= 4 is 23.2 Å². The molecule has 2 rings (SSSR count). The fraction of sp³-hybridized carbons (Fsp3) is 0.619. The van der Waals surface area contributed by atoms with E-state index < -0.39 is 0 Å². The van der Waals surface area contributed by atoms with E-state index in [1.165, 1.54) is 0 Å². The van der Waals surface area contributed by atoms with Crippen LogP contribution in [0.5, 0.6) is 0 Å². The number of anilines is 2. The number of benzene rings is 1. The molecule has 1 aromatic rings. The van der Waals surface area contributed by atoms with E-state index in [1.54, 1.807) is 0 Å². The molecule has 0 spiro atoms. The Balaban J connectivity index is 2.26. The molecule has 5 heteroatoms. The average Bonchev–Trinajstić information content (AvgIpc) is 2.56. The number of hydrogen-bond acceptors (Lipinski definition) is 3. The van der Waals surface area contributed by atoms with Gasteiger partial charge in [0.2, 0.25) is 11.8 Å². The minimum absolute atomic E-state index is 0.114. The predicted octanol–water partition coefficient (Wildman–Crippen LogP) is 4.03. The number of nitrogens with one attached hydrogen (secondary N) is 1. The van der Waals surface area contributed by atoms with Crippen LogP contribution >= 0.6 is 0 Å². The van der Waals surface area contributed by atoms with Crippen molar-refractivity contribution in [2.45, 2.75) is 65.5 Å². The van der Waals surface area contributed by atoms with Gasteiger partial charge in [-0.3, -0.25) is 9.59 Å². The SMILES string of the molecule is CCC(=O)N(Cc1cc(NC(=O)C2CCC2)ccc1N(C)C)[C@H](C)CC. The summed E-state index contributed by atoms with van der Waals surface area (Å²) < 4.78 is 0. The lowest BCUT2D eigenvalue weighted by atomic mass is 9.85. The Labute approximate surface area is 157 Å². The van der Waals surface area contributed by atoms with Gasteiger partial charge in [-0.05, 0) is 49.9 Å². The number of amides is 2. The molecule has 0 radical (unpaired) electrons. The van der Waals surface area contributed by atoms with E-state index in [9.17, 15) is 9.59 Å². The Bertz CT molecular complexity index is 638. The monoisotopic (exact) mass is 359 g/mol. The van der Waals surface area contributed by atoms with Crippen LogP contribution in [0.2, 0.25) is 0 Å². The van der Waals surface area contributed by atoms with Crippen LogP contribution in [0.1, 0.15) is 58.4 Å². The summed E-state index contributed by atoms with van der Waals surface area (Å²) in [5.41, 5.74) is 2.95. The lowest BCUT2D eigenvalue weighted by Crippen LogP contribution is -2.37. The Morgan fingerprint density at radius 1 is 1.23 bits per heavy atom. The highest BCUT2D eigenvalue weighted by molar-refractivity contribution is 5.93. The Morgan fingerprint density at radius 2 is 1.92 bits per heavy atom. The van der Waals surface area contributed by atoms with Crippen molar-refractivity contribution in [1.82, 2.24) is 4.90 Å². The van der Waals surface area contributed by atoms with Crippen molar-refractivity contribution in [2.75, 3.05) is 24.3 Å². The van der Waals surface area contributed by atoms with E-state index >= 15 is 0 Å². The number of rotatable bonds is 8.